The van der Waals surface area contributed by atoms with Crippen molar-refractivity contribution in [1.29, 1.82) is 0 Å². The number of rotatable bonds is 5. The van der Waals surface area contributed by atoms with E-state index in [9.17, 15) is 14.4 Å². The molecule has 6 heteroatoms. The first-order valence-electron chi connectivity index (χ1n) is 8.82. The minimum absolute atomic E-state index is 0.0614. The van der Waals surface area contributed by atoms with Gasteiger partial charge in [0.15, 0.2) is 0 Å². The summed E-state index contributed by atoms with van der Waals surface area (Å²) in [5.41, 5.74) is 1.68. The van der Waals surface area contributed by atoms with Gasteiger partial charge in [0.1, 0.15) is 5.82 Å². The molecule has 0 radical (unpaired) electrons. The number of aromatic nitrogens is 1. The van der Waals surface area contributed by atoms with Gasteiger partial charge in [0.25, 0.3) is 0 Å². The zero-order chi connectivity index (χ0) is 18.7. The van der Waals surface area contributed by atoms with E-state index in [2.05, 4.69) is 21.1 Å². The lowest BCUT2D eigenvalue weighted by molar-refractivity contribution is 0.315. The Hall–Kier alpha value is -1.95. The van der Waals surface area contributed by atoms with Crippen LogP contribution in [0.5, 0.6) is 0 Å². The van der Waals surface area contributed by atoms with Crippen LogP contribution in [0, 0.1) is 11.7 Å². The fourth-order valence-electron chi connectivity index (χ4n) is 3.88. The zero-order valence-electron chi connectivity index (χ0n) is 14.7. The van der Waals surface area contributed by atoms with Crippen molar-refractivity contribution < 1.29 is 9.60 Å². The van der Waals surface area contributed by atoms with Gasteiger partial charge in [-0.25, -0.2) is 4.39 Å². The van der Waals surface area contributed by atoms with Gasteiger partial charge in [-0.1, -0.05) is 40.0 Å². The van der Waals surface area contributed by atoms with Crippen molar-refractivity contribution in [2.45, 2.75) is 38.0 Å². The van der Waals surface area contributed by atoms with Crippen LogP contribution in [-0.4, -0.2) is 15.5 Å². The molecule has 26 heavy (non-hydrogen) atoms. The summed E-state index contributed by atoms with van der Waals surface area (Å²) >= 11 is 3.31. The van der Waals surface area contributed by atoms with Crippen molar-refractivity contribution in [2.24, 2.45) is 18.1 Å². The Kier molecular flexibility index (Phi) is 5.91. The lowest BCUT2D eigenvalue weighted by atomic mass is 9.80. The van der Waals surface area contributed by atoms with Crippen LogP contribution in [0.3, 0.4) is 0 Å². The van der Waals surface area contributed by atoms with Crippen molar-refractivity contribution >= 4 is 21.6 Å². The number of pyridine rings is 1. The van der Waals surface area contributed by atoms with Crippen LogP contribution in [0.25, 0.3) is 0 Å². The van der Waals surface area contributed by atoms with E-state index in [1.807, 2.05) is 12.1 Å². The van der Waals surface area contributed by atoms with Crippen molar-refractivity contribution in [1.82, 2.24) is 4.57 Å². The smallest absolute Gasteiger partial charge is 0.250 e. The van der Waals surface area contributed by atoms with Crippen LogP contribution >= 0.6 is 15.9 Å². The average Bonchev–Trinajstić information content (AvgIpc) is 3.14. The Labute approximate surface area is 160 Å². The fourth-order valence-corrected chi connectivity index (χ4v) is 4.22. The molecule has 0 spiro atoms. The van der Waals surface area contributed by atoms with E-state index < -0.39 is 0 Å². The molecule has 4 nitrogen and oxygen atoms in total. The van der Waals surface area contributed by atoms with Crippen LogP contribution < -0.4 is 5.56 Å². The number of aryl methyl sites for hydroxylation is 1. The summed E-state index contributed by atoms with van der Waals surface area (Å²) in [6.45, 7) is 0. The minimum atomic E-state index is -0.242. The molecule has 1 heterocycles. The highest BCUT2D eigenvalue weighted by molar-refractivity contribution is 9.10. The predicted octanol–water partition coefficient (Wildman–Crippen LogP) is 4.83. The minimum Gasteiger partial charge on any atom is -0.411 e. The lowest BCUT2D eigenvalue weighted by Crippen LogP contribution is -2.20. The quantitative estimate of drug-likeness (QED) is 0.427. The molecule has 1 saturated carbocycles. The number of halogens is 2. The van der Waals surface area contributed by atoms with E-state index >= 15 is 0 Å². The topological polar surface area (TPSA) is 54.6 Å². The van der Waals surface area contributed by atoms with Crippen molar-refractivity contribution in [3.05, 3.63) is 68.3 Å². The summed E-state index contributed by atoms with van der Waals surface area (Å²) in [4.78, 5) is 11.6. The Balaban J connectivity index is 1.96. The monoisotopic (exact) mass is 420 g/mol. The third-order valence-corrected chi connectivity index (χ3v) is 5.78. The molecule has 0 amide bonds. The van der Waals surface area contributed by atoms with Crippen LogP contribution in [0.2, 0.25) is 0 Å². The Morgan fingerprint density at radius 1 is 1.35 bits per heavy atom. The van der Waals surface area contributed by atoms with Gasteiger partial charge >= 0.3 is 0 Å². The summed E-state index contributed by atoms with van der Waals surface area (Å²) in [6.07, 6.45) is 6.47. The van der Waals surface area contributed by atoms with Gasteiger partial charge in [0, 0.05) is 35.8 Å². The maximum atomic E-state index is 14.7. The number of benzene rings is 1. The molecule has 3 rings (SSSR count). The maximum Gasteiger partial charge on any atom is 0.250 e. The third kappa shape index (κ3) is 4.06. The SMILES string of the molecule is Cn1cc(/C(CC(c2ccc(Br)cc2F)C2CCCC2)=N\O)ccc1=O. The maximum absolute atomic E-state index is 14.7. The van der Waals surface area contributed by atoms with Crippen LogP contribution in [-0.2, 0) is 7.05 Å². The first kappa shape index (κ1) is 18.8. The number of nitrogens with zero attached hydrogens (tertiary/aromatic N) is 2. The molecule has 1 aliphatic rings. The van der Waals surface area contributed by atoms with E-state index in [0.717, 1.165) is 25.7 Å². The van der Waals surface area contributed by atoms with Crippen LogP contribution in [0.1, 0.15) is 49.1 Å². The molecular formula is C20H22BrFN2O2. The normalized spacial score (nSPS) is 16.8. The molecular weight excluding hydrogens is 399 g/mol. The second-order valence-corrected chi connectivity index (χ2v) is 7.85. The second-order valence-electron chi connectivity index (χ2n) is 6.93. The van der Waals surface area contributed by atoms with Gasteiger partial charge in [-0.05, 0) is 48.4 Å². The van der Waals surface area contributed by atoms with E-state index in [-0.39, 0.29) is 17.3 Å². The molecule has 1 fully saturated rings. The molecule has 0 saturated heterocycles. The fraction of sp³-hybridized carbons (Fsp3) is 0.400. The largest absolute Gasteiger partial charge is 0.411 e. The summed E-state index contributed by atoms with van der Waals surface area (Å²) < 4.78 is 16.8. The van der Waals surface area contributed by atoms with Gasteiger partial charge < -0.3 is 9.77 Å². The first-order chi connectivity index (χ1) is 12.5. The highest BCUT2D eigenvalue weighted by atomic mass is 79.9. The molecule has 1 atom stereocenters. The molecule has 138 valence electrons. The molecule has 0 bridgehead atoms. The molecule has 2 aromatic rings. The zero-order valence-corrected chi connectivity index (χ0v) is 16.2. The highest BCUT2D eigenvalue weighted by Crippen LogP contribution is 2.41. The van der Waals surface area contributed by atoms with E-state index in [0.29, 0.717) is 33.7 Å². The van der Waals surface area contributed by atoms with Crippen molar-refractivity contribution in [3.8, 4) is 0 Å². The van der Waals surface area contributed by atoms with Gasteiger partial charge in [-0.2, -0.15) is 0 Å². The molecule has 1 unspecified atom stereocenters. The van der Waals surface area contributed by atoms with E-state index in [1.165, 1.54) is 16.7 Å². The van der Waals surface area contributed by atoms with Gasteiger partial charge in [0.2, 0.25) is 5.56 Å². The van der Waals surface area contributed by atoms with Gasteiger partial charge in [0.05, 0.1) is 5.71 Å². The third-order valence-electron chi connectivity index (χ3n) is 5.28. The molecule has 1 aromatic heterocycles. The van der Waals surface area contributed by atoms with E-state index in [1.54, 1.807) is 19.3 Å². The summed E-state index contributed by atoms with van der Waals surface area (Å²) in [5.74, 6) is 0.0534. The van der Waals surface area contributed by atoms with Crippen molar-refractivity contribution in [3.63, 3.8) is 0 Å². The van der Waals surface area contributed by atoms with Crippen LogP contribution in [0.15, 0.2) is 51.0 Å². The average molecular weight is 421 g/mol. The number of hydrogen-bond donors (Lipinski definition) is 1. The predicted molar refractivity (Wildman–Crippen MR) is 103 cm³/mol. The second kappa shape index (κ2) is 8.16. The summed E-state index contributed by atoms with van der Waals surface area (Å²) in [5, 5.41) is 13.1. The summed E-state index contributed by atoms with van der Waals surface area (Å²) in [7, 11) is 1.66. The van der Waals surface area contributed by atoms with Crippen LogP contribution in [0.4, 0.5) is 4.39 Å². The first-order valence-corrected chi connectivity index (χ1v) is 9.62. The molecule has 1 aliphatic carbocycles. The molecule has 1 N–H and O–H groups in total. The Morgan fingerprint density at radius 2 is 2.08 bits per heavy atom. The highest BCUT2D eigenvalue weighted by Gasteiger charge is 2.30. The number of oxime groups is 1. The van der Waals surface area contributed by atoms with E-state index in [4.69, 9.17) is 0 Å². The summed E-state index contributed by atoms with van der Waals surface area (Å²) in [6, 6.07) is 8.26. The number of hydrogen-bond acceptors (Lipinski definition) is 3. The molecule has 1 aromatic carbocycles. The van der Waals surface area contributed by atoms with Crippen molar-refractivity contribution in [2.75, 3.05) is 0 Å². The Morgan fingerprint density at radius 3 is 2.69 bits per heavy atom. The van der Waals surface area contributed by atoms with Gasteiger partial charge in [-0.3, -0.25) is 4.79 Å². The van der Waals surface area contributed by atoms with Gasteiger partial charge in [-0.15, -0.1) is 0 Å². The Bertz CT molecular complexity index is 872. The molecule has 0 aliphatic heterocycles. The lowest BCUT2D eigenvalue weighted by Gasteiger charge is -2.25. The standard InChI is InChI=1S/C20H22BrFN2O2/c1-24-12-14(6-9-20(24)25)19(23-26)11-17(13-4-2-3-5-13)16-8-7-15(21)10-18(16)22/h6-10,12-13,17,26H,2-5,11H2,1H3/b23-19-.